The summed E-state index contributed by atoms with van der Waals surface area (Å²) in [4.78, 5) is 21.9. The number of aliphatic imine (C=N–C) groups is 1. The molecular formula is C21H21N5O. The number of hydrogen-bond acceptors (Lipinski definition) is 5. The number of nitrogens with one attached hydrogen (secondary N) is 2. The first-order valence-electron chi connectivity index (χ1n) is 8.85. The maximum Gasteiger partial charge on any atom is 0.257 e. The van der Waals surface area contributed by atoms with Crippen molar-refractivity contribution in [2.24, 2.45) is 4.99 Å². The van der Waals surface area contributed by atoms with E-state index >= 15 is 0 Å². The molecule has 27 heavy (non-hydrogen) atoms. The first-order chi connectivity index (χ1) is 13.0. The maximum atomic E-state index is 12.6. The molecule has 1 aromatic heterocycles. The second kappa shape index (κ2) is 6.72. The molecule has 1 unspecified atom stereocenters. The van der Waals surface area contributed by atoms with E-state index in [2.05, 4.69) is 15.6 Å². The van der Waals surface area contributed by atoms with Crippen molar-refractivity contribution in [2.45, 2.75) is 26.9 Å². The molecule has 6 heteroatoms. The molecule has 0 radical (unpaired) electrons. The highest BCUT2D eigenvalue weighted by Gasteiger charge is 2.25. The topological polar surface area (TPSA) is 71.3 Å². The van der Waals surface area contributed by atoms with Gasteiger partial charge in [-0.3, -0.25) is 14.7 Å². The second-order valence-corrected chi connectivity index (χ2v) is 6.81. The van der Waals surface area contributed by atoms with Crippen molar-refractivity contribution in [3.63, 3.8) is 0 Å². The lowest BCUT2D eigenvalue weighted by molar-refractivity contribution is 0.577. The van der Waals surface area contributed by atoms with E-state index in [9.17, 15) is 4.79 Å². The summed E-state index contributed by atoms with van der Waals surface area (Å²) in [5, 5.41) is 6.44. The Labute approximate surface area is 157 Å². The highest BCUT2D eigenvalue weighted by Crippen LogP contribution is 2.26. The van der Waals surface area contributed by atoms with Crippen molar-refractivity contribution in [1.82, 2.24) is 9.55 Å². The molecule has 136 valence electrons. The number of nitrogens with zero attached hydrogens (tertiary/aromatic N) is 3. The Hall–Kier alpha value is -3.41. The number of rotatable bonds is 2. The van der Waals surface area contributed by atoms with Gasteiger partial charge >= 0.3 is 0 Å². The molecule has 0 spiro atoms. The van der Waals surface area contributed by atoms with Crippen molar-refractivity contribution in [2.75, 3.05) is 10.6 Å². The van der Waals surface area contributed by atoms with E-state index in [0.29, 0.717) is 17.6 Å². The molecular weight excluding hydrogens is 338 g/mol. The van der Waals surface area contributed by atoms with E-state index in [1.54, 1.807) is 4.57 Å². The number of anilines is 2. The van der Waals surface area contributed by atoms with Crippen LogP contribution in [0.25, 0.3) is 0 Å². The Kier molecular flexibility index (Phi) is 4.24. The first-order valence-corrected chi connectivity index (χ1v) is 8.85. The summed E-state index contributed by atoms with van der Waals surface area (Å²) in [6, 6.07) is 17.6. The van der Waals surface area contributed by atoms with E-state index in [1.165, 1.54) is 6.07 Å². The molecule has 0 saturated heterocycles. The lowest BCUT2D eigenvalue weighted by Crippen LogP contribution is -2.37. The average molecular weight is 359 g/mol. The van der Waals surface area contributed by atoms with Crippen molar-refractivity contribution in [3.8, 4) is 0 Å². The molecule has 0 aliphatic carbocycles. The number of aryl methyl sites for hydroxylation is 3. The largest absolute Gasteiger partial charge is 0.326 e. The van der Waals surface area contributed by atoms with Crippen LogP contribution >= 0.6 is 0 Å². The molecule has 0 fully saturated rings. The zero-order valence-corrected chi connectivity index (χ0v) is 15.5. The highest BCUT2D eigenvalue weighted by molar-refractivity contribution is 6.03. The van der Waals surface area contributed by atoms with Crippen LogP contribution in [-0.4, -0.2) is 15.5 Å². The van der Waals surface area contributed by atoms with Gasteiger partial charge in [0, 0.05) is 17.4 Å². The van der Waals surface area contributed by atoms with E-state index < -0.39 is 6.17 Å². The zero-order valence-electron chi connectivity index (χ0n) is 15.5. The fourth-order valence-corrected chi connectivity index (χ4v) is 3.13. The van der Waals surface area contributed by atoms with Crippen LogP contribution in [0.3, 0.4) is 0 Å². The molecule has 3 aromatic rings. The number of fused-ring (bicyclic) bond motifs is 1. The van der Waals surface area contributed by atoms with Gasteiger partial charge in [-0.2, -0.15) is 0 Å². The molecule has 6 nitrogen and oxygen atoms in total. The van der Waals surface area contributed by atoms with Crippen LogP contribution in [0.5, 0.6) is 0 Å². The molecule has 0 amide bonds. The molecule has 2 N–H and O–H groups in total. The van der Waals surface area contributed by atoms with Crippen LogP contribution in [0.2, 0.25) is 0 Å². The quantitative estimate of drug-likeness (QED) is 0.733. The molecule has 0 bridgehead atoms. The van der Waals surface area contributed by atoms with Gasteiger partial charge in [0.15, 0.2) is 6.17 Å². The summed E-state index contributed by atoms with van der Waals surface area (Å²) in [5.41, 5.74) is 4.70. The molecule has 1 aliphatic rings. The van der Waals surface area contributed by atoms with Gasteiger partial charge < -0.3 is 5.32 Å². The predicted molar refractivity (Wildman–Crippen MR) is 108 cm³/mol. The van der Waals surface area contributed by atoms with Crippen molar-refractivity contribution < 1.29 is 0 Å². The second-order valence-electron chi connectivity index (χ2n) is 6.81. The molecule has 4 rings (SSSR count). The maximum absolute atomic E-state index is 12.6. The third-order valence-electron chi connectivity index (χ3n) is 4.46. The summed E-state index contributed by atoms with van der Waals surface area (Å²) in [6.07, 6.45) is -0.477. The predicted octanol–water partition coefficient (Wildman–Crippen LogP) is 3.61. The SMILES string of the molecule is Cc1ccc(C2N=C(Nc3cccc(C)c3)Nc3nc(C)cc(=O)n32)cc1. The fraction of sp³-hybridized carbons (Fsp3) is 0.190. The summed E-state index contributed by atoms with van der Waals surface area (Å²) in [7, 11) is 0. The highest BCUT2D eigenvalue weighted by atomic mass is 16.1. The average Bonchev–Trinajstić information content (AvgIpc) is 2.61. The van der Waals surface area contributed by atoms with Gasteiger partial charge in [-0.15, -0.1) is 0 Å². The third kappa shape index (κ3) is 3.46. The monoisotopic (exact) mass is 359 g/mol. The van der Waals surface area contributed by atoms with Gasteiger partial charge in [0.2, 0.25) is 11.9 Å². The van der Waals surface area contributed by atoms with Crippen molar-refractivity contribution >= 4 is 17.6 Å². The van der Waals surface area contributed by atoms with E-state index in [-0.39, 0.29) is 5.56 Å². The van der Waals surface area contributed by atoms with Gasteiger partial charge in [-0.05, 0) is 44.0 Å². The van der Waals surface area contributed by atoms with Crippen LogP contribution in [0, 0.1) is 20.8 Å². The van der Waals surface area contributed by atoms with Crippen LogP contribution in [0.4, 0.5) is 11.6 Å². The molecule has 1 aliphatic heterocycles. The van der Waals surface area contributed by atoms with Crippen LogP contribution in [-0.2, 0) is 0 Å². The van der Waals surface area contributed by atoms with Gasteiger partial charge in [-0.1, -0.05) is 42.0 Å². The van der Waals surface area contributed by atoms with Crippen molar-refractivity contribution in [1.29, 1.82) is 0 Å². The lowest BCUT2D eigenvalue weighted by atomic mass is 10.1. The minimum atomic E-state index is -0.477. The summed E-state index contributed by atoms with van der Waals surface area (Å²) in [6.45, 7) is 5.88. The fourth-order valence-electron chi connectivity index (χ4n) is 3.13. The van der Waals surface area contributed by atoms with Gasteiger partial charge in [0.1, 0.15) is 0 Å². The Bertz CT molecular complexity index is 1080. The molecule has 2 aromatic carbocycles. The van der Waals surface area contributed by atoms with Crippen LogP contribution < -0.4 is 16.2 Å². The smallest absolute Gasteiger partial charge is 0.257 e. The van der Waals surface area contributed by atoms with E-state index in [1.807, 2.05) is 69.3 Å². The van der Waals surface area contributed by atoms with Gasteiger partial charge in [-0.25, -0.2) is 9.98 Å². The lowest BCUT2D eigenvalue weighted by Gasteiger charge is -2.27. The number of guanidine groups is 1. The van der Waals surface area contributed by atoms with Crippen molar-refractivity contribution in [3.05, 3.63) is 87.3 Å². The van der Waals surface area contributed by atoms with Gasteiger partial charge in [0.25, 0.3) is 5.56 Å². The molecule has 2 heterocycles. The zero-order chi connectivity index (χ0) is 19.0. The standard InChI is InChI=1S/C21H21N5O/c1-13-7-9-16(10-8-13)19-24-20(23-17-6-4-5-14(2)11-17)25-21-22-15(3)12-18(27)26(19)21/h4-12,19H,1-3H3,(H2,22,23,24,25). The summed E-state index contributed by atoms with van der Waals surface area (Å²) < 4.78 is 1.58. The number of aromatic nitrogens is 2. The minimum absolute atomic E-state index is 0.131. The molecule has 1 atom stereocenters. The first kappa shape index (κ1) is 17.0. The summed E-state index contributed by atoms with van der Waals surface area (Å²) >= 11 is 0. The Morgan fingerprint density at radius 3 is 2.52 bits per heavy atom. The minimum Gasteiger partial charge on any atom is -0.326 e. The Morgan fingerprint density at radius 2 is 1.78 bits per heavy atom. The summed E-state index contributed by atoms with van der Waals surface area (Å²) in [5.74, 6) is 1.04. The van der Waals surface area contributed by atoms with Crippen LogP contribution in [0.15, 0.2) is 64.4 Å². The van der Waals surface area contributed by atoms with E-state index in [4.69, 9.17) is 4.99 Å². The normalized spacial score (nSPS) is 15.5. The van der Waals surface area contributed by atoms with Gasteiger partial charge in [0.05, 0.1) is 0 Å². The molecule has 0 saturated carbocycles. The van der Waals surface area contributed by atoms with Crippen LogP contribution in [0.1, 0.15) is 28.6 Å². The Morgan fingerprint density at radius 1 is 1.00 bits per heavy atom. The Balaban J connectivity index is 1.80. The number of benzene rings is 2. The third-order valence-corrected chi connectivity index (χ3v) is 4.46. The number of hydrogen-bond donors (Lipinski definition) is 2. The van der Waals surface area contributed by atoms with E-state index in [0.717, 1.165) is 22.4 Å².